The first-order valence-electron chi connectivity index (χ1n) is 10.3. The molecule has 170 valence electrons. The lowest BCUT2D eigenvalue weighted by atomic mass is 9.87. The summed E-state index contributed by atoms with van der Waals surface area (Å²) < 4.78 is 5.00. The minimum atomic E-state index is -0.749. The molecule has 2 rings (SSSR count). The third kappa shape index (κ3) is 7.54. The van der Waals surface area contributed by atoms with Gasteiger partial charge in [0.2, 0.25) is 5.91 Å². The molecule has 0 spiro atoms. The van der Waals surface area contributed by atoms with Crippen molar-refractivity contribution in [3.8, 4) is 0 Å². The number of hydrogen-bond donors (Lipinski definition) is 2. The van der Waals surface area contributed by atoms with Gasteiger partial charge in [-0.25, -0.2) is 0 Å². The van der Waals surface area contributed by atoms with Crippen molar-refractivity contribution in [1.82, 2.24) is 5.32 Å². The van der Waals surface area contributed by atoms with Crippen LogP contribution in [0.25, 0.3) is 0 Å². The number of carbonyl (C=O) groups is 4. The number of anilines is 1. The zero-order valence-electron chi connectivity index (χ0n) is 18.6. The van der Waals surface area contributed by atoms with E-state index in [0.29, 0.717) is 11.3 Å². The van der Waals surface area contributed by atoms with Gasteiger partial charge in [0.25, 0.3) is 11.8 Å². The van der Waals surface area contributed by atoms with Crippen molar-refractivity contribution < 1.29 is 23.9 Å². The summed E-state index contributed by atoms with van der Waals surface area (Å²) in [7, 11) is 0. The predicted molar refractivity (Wildman–Crippen MR) is 121 cm³/mol. The number of primary amides is 1. The highest BCUT2D eigenvalue weighted by Gasteiger charge is 2.19. The topological polar surface area (TPSA) is 119 Å². The van der Waals surface area contributed by atoms with Gasteiger partial charge in [-0.1, -0.05) is 51.1 Å². The Hall–Kier alpha value is -3.68. The lowest BCUT2D eigenvalue weighted by Gasteiger charge is -2.22. The van der Waals surface area contributed by atoms with Gasteiger partial charge in [-0.15, -0.1) is 0 Å². The van der Waals surface area contributed by atoms with E-state index in [1.807, 2.05) is 12.1 Å². The fraction of sp³-hybridized carbons (Fsp3) is 0.333. The molecule has 0 aliphatic heterocycles. The smallest absolute Gasteiger partial charge is 0.325 e. The van der Waals surface area contributed by atoms with Crippen LogP contribution in [0.4, 0.5) is 5.69 Å². The second kappa shape index (κ2) is 11.1. The summed E-state index contributed by atoms with van der Waals surface area (Å²) in [5.74, 6) is -2.22. The summed E-state index contributed by atoms with van der Waals surface area (Å²) in [6.07, 6.45) is -0.0291. The number of para-hydroxylation sites is 1. The molecular weight excluding hydrogens is 410 g/mol. The molecule has 8 nitrogen and oxygen atoms in total. The summed E-state index contributed by atoms with van der Waals surface area (Å²) in [5, 5.41) is 2.48. The summed E-state index contributed by atoms with van der Waals surface area (Å²) in [6, 6.07) is 15.8. The number of amides is 3. The van der Waals surface area contributed by atoms with E-state index in [2.05, 4.69) is 26.1 Å². The average Bonchev–Trinajstić information content (AvgIpc) is 2.76. The number of hydrogen-bond acceptors (Lipinski definition) is 5. The molecule has 3 amide bonds. The molecule has 0 heterocycles. The molecule has 0 saturated heterocycles. The highest BCUT2D eigenvalue weighted by molar-refractivity contribution is 5.97. The van der Waals surface area contributed by atoms with Crippen LogP contribution in [0.2, 0.25) is 0 Å². The maximum Gasteiger partial charge on any atom is 0.325 e. The van der Waals surface area contributed by atoms with E-state index in [0.717, 1.165) is 5.56 Å². The van der Waals surface area contributed by atoms with Crippen LogP contribution in [0, 0.1) is 0 Å². The summed E-state index contributed by atoms with van der Waals surface area (Å²) in [5.41, 5.74) is 7.22. The normalized spacial score (nSPS) is 10.8. The van der Waals surface area contributed by atoms with Crippen molar-refractivity contribution in [2.45, 2.75) is 32.6 Å². The van der Waals surface area contributed by atoms with E-state index < -0.39 is 30.3 Å². The van der Waals surface area contributed by atoms with Gasteiger partial charge < -0.3 is 20.7 Å². The fourth-order valence-corrected chi connectivity index (χ4v) is 2.88. The van der Waals surface area contributed by atoms with Crippen molar-refractivity contribution in [3.63, 3.8) is 0 Å². The largest absolute Gasteiger partial charge is 0.454 e. The lowest BCUT2D eigenvalue weighted by Crippen LogP contribution is -2.38. The average molecular weight is 440 g/mol. The van der Waals surface area contributed by atoms with Crippen molar-refractivity contribution >= 4 is 29.4 Å². The molecule has 0 aromatic heterocycles. The monoisotopic (exact) mass is 439 g/mol. The zero-order chi connectivity index (χ0) is 23.7. The van der Waals surface area contributed by atoms with Gasteiger partial charge in [0.1, 0.15) is 6.54 Å². The maximum atomic E-state index is 12.5. The molecule has 8 heteroatoms. The Morgan fingerprint density at radius 3 is 2.16 bits per heavy atom. The van der Waals surface area contributed by atoms with E-state index in [-0.39, 0.29) is 24.9 Å². The molecule has 0 radical (unpaired) electrons. The third-order valence-corrected chi connectivity index (χ3v) is 4.71. The molecular formula is C24H29N3O5. The van der Waals surface area contributed by atoms with Gasteiger partial charge in [-0.05, 0) is 35.2 Å². The Morgan fingerprint density at radius 2 is 1.59 bits per heavy atom. The highest BCUT2D eigenvalue weighted by Crippen LogP contribution is 2.22. The molecule has 0 unspecified atom stereocenters. The number of nitrogens with one attached hydrogen (secondary N) is 1. The first-order chi connectivity index (χ1) is 15.1. The number of nitrogens with two attached hydrogens (primary N) is 1. The SMILES string of the molecule is CC(C)(C)c1ccc(C(=O)NCC(=O)OCC(=O)N(CCC(N)=O)c2ccccc2)cc1. The Bertz CT molecular complexity index is 950. The number of rotatable bonds is 9. The van der Waals surface area contributed by atoms with E-state index in [1.54, 1.807) is 42.5 Å². The van der Waals surface area contributed by atoms with Crippen molar-refractivity contribution in [1.29, 1.82) is 0 Å². The third-order valence-electron chi connectivity index (χ3n) is 4.71. The van der Waals surface area contributed by atoms with Gasteiger partial charge in [-0.3, -0.25) is 19.2 Å². The van der Waals surface area contributed by atoms with E-state index in [4.69, 9.17) is 10.5 Å². The first-order valence-corrected chi connectivity index (χ1v) is 10.3. The Labute approximate surface area is 187 Å². The van der Waals surface area contributed by atoms with Crippen LogP contribution in [-0.2, 0) is 24.5 Å². The second-order valence-electron chi connectivity index (χ2n) is 8.27. The Morgan fingerprint density at radius 1 is 0.969 bits per heavy atom. The van der Waals surface area contributed by atoms with Crippen LogP contribution < -0.4 is 16.0 Å². The number of nitrogens with zero attached hydrogens (tertiary/aromatic N) is 1. The van der Waals surface area contributed by atoms with Gasteiger partial charge in [0.15, 0.2) is 6.61 Å². The van der Waals surface area contributed by atoms with Crippen LogP contribution in [-0.4, -0.2) is 43.4 Å². The summed E-state index contributed by atoms with van der Waals surface area (Å²) in [6.45, 7) is 5.39. The number of esters is 1. The molecule has 0 aliphatic rings. The zero-order valence-corrected chi connectivity index (χ0v) is 18.6. The van der Waals surface area contributed by atoms with Crippen molar-refractivity contribution in [2.24, 2.45) is 5.73 Å². The van der Waals surface area contributed by atoms with E-state index in [9.17, 15) is 19.2 Å². The molecule has 32 heavy (non-hydrogen) atoms. The number of carbonyl (C=O) groups excluding carboxylic acids is 4. The van der Waals surface area contributed by atoms with Crippen LogP contribution in [0.15, 0.2) is 54.6 Å². The van der Waals surface area contributed by atoms with E-state index in [1.165, 1.54) is 4.90 Å². The highest BCUT2D eigenvalue weighted by atomic mass is 16.5. The molecule has 3 N–H and O–H groups in total. The van der Waals surface area contributed by atoms with E-state index >= 15 is 0 Å². The van der Waals surface area contributed by atoms with Crippen LogP contribution in [0.3, 0.4) is 0 Å². The standard InChI is InChI=1S/C24H29N3O5/c1-24(2,3)18-11-9-17(10-12-18)23(31)26-15-22(30)32-16-21(29)27(14-13-20(25)28)19-7-5-4-6-8-19/h4-12H,13-16H2,1-3H3,(H2,25,28)(H,26,31). The van der Waals surface area contributed by atoms with Crippen molar-refractivity contribution in [2.75, 3.05) is 24.6 Å². The fourth-order valence-electron chi connectivity index (χ4n) is 2.88. The maximum absolute atomic E-state index is 12.5. The molecule has 0 saturated carbocycles. The molecule has 0 atom stereocenters. The molecule has 2 aromatic rings. The quantitative estimate of drug-likeness (QED) is 0.581. The van der Waals surface area contributed by atoms with Gasteiger partial charge >= 0.3 is 5.97 Å². The molecule has 0 bridgehead atoms. The lowest BCUT2D eigenvalue weighted by molar-refractivity contribution is -0.146. The first kappa shape index (κ1) is 24.6. The molecule has 0 fully saturated rings. The molecule has 0 aliphatic carbocycles. The Balaban J connectivity index is 1.87. The van der Waals surface area contributed by atoms with Crippen LogP contribution in [0.5, 0.6) is 0 Å². The second-order valence-corrected chi connectivity index (χ2v) is 8.27. The van der Waals surface area contributed by atoms with Crippen molar-refractivity contribution in [3.05, 3.63) is 65.7 Å². The minimum Gasteiger partial charge on any atom is -0.454 e. The van der Waals surface area contributed by atoms with Gasteiger partial charge in [-0.2, -0.15) is 0 Å². The number of ether oxygens (including phenoxy) is 1. The van der Waals surface area contributed by atoms with Crippen LogP contribution in [0.1, 0.15) is 43.1 Å². The number of benzene rings is 2. The van der Waals surface area contributed by atoms with Crippen LogP contribution >= 0.6 is 0 Å². The summed E-state index contributed by atoms with van der Waals surface area (Å²) >= 11 is 0. The minimum absolute atomic E-state index is 0.0291. The summed E-state index contributed by atoms with van der Waals surface area (Å²) in [4.78, 5) is 49.3. The van der Waals surface area contributed by atoms with Gasteiger partial charge in [0, 0.05) is 24.2 Å². The predicted octanol–water partition coefficient (Wildman–Crippen LogP) is 2.17. The van der Waals surface area contributed by atoms with Gasteiger partial charge in [0.05, 0.1) is 0 Å². The Kier molecular flexibility index (Phi) is 8.52. The molecule has 2 aromatic carbocycles.